The summed E-state index contributed by atoms with van der Waals surface area (Å²) in [6.07, 6.45) is 7.82. The van der Waals surface area contributed by atoms with Crippen LogP contribution in [-0.4, -0.2) is 20.6 Å². The first-order valence-corrected chi connectivity index (χ1v) is 8.66. The van der Waals surface area contributed by atoms with E-state index in [1.165, 1.54) is 19.3 Å². The van der Waals surface area contributed by atoms with E-state index in [9.17, 15) is 5.26 Å². The number of nitriles is 1. The Morgan fingerprint density at radius 3 is 2.88 bits per heavy atom. The van der Waals surface area contributed by atoms with E-state index >= 15 is 0 Å². The number of hydrogen-bond acceptors (Lipinski definition) is 3. The Hall–Kier alpha value is -2.45. The third-order valence-electron chi connectivity index (χ3n) is 4.62. The van der Waals surface area contributed by atoms with Crippen LogP contribution in [0.25, 0.3) is 16.9 Å². The molecule has 1 aliphatic rings. The molecule has 6 heteroatoms. The summed E-state index contributed by atoms with van der Waals surface area (Å²) in [4.78, 5) is 4.71. The molecule has 0 saturated heterocycles. The van der Waals surface area contributed by atoms with Gasteiger partial charge in [0.2, 0.25) is 0 Å². The average Bonchev–Trinajstić information content (AvgIpc) is 3.16. The quantitative estimate of drug-likeness (QED) is 0.732. The predicted molar refractivity (Wildman–Crippen MR) is 95.2 cm³/mol. The standard InChI is InChI=1S/C18H18ClN5/c19-14-6-4-5-12(9-14)16-18(22-15-7-2-1-3-8-15)24-17(23-16)13(10-20)11-21-24/h4-6,9,11,15,21-22H,1-3,7-8H2. The molecule has 0 atom stereocenters. The molecule has 2 heterocycles. The normalized spacial score (nSPS) is 15.5. The monoisotopic (exact) mass is 339 g/mol. The zero-order chi connectivity index (χ0) is 16.5. The van der Waals surface area contributed by atoms with Crippen LogP contribution in [-0.2, 0) is 0 Å². The predicted octanol–water partition coefficient (Wildman–Crippen LogP) is 4.60. The maximum Gasteiger partial charge on any atom is 0.173 e. The number of fused-ring (bicyclic) bond motifs is 1. The third-order valence-corrected chi connectivity index (χ3v) is 4.86. The molecule has 3 aromatic rings. The highest BCUT2D eigenvalue weighted by Gasteiger charge is 2.21. The van der Waals surface area contributed by atoms with E-state index < -0.39 is 0 Å². The smallest absolute Gasteiger partial charge is 0.173 e. The molecule has 5 nitrogen and oxygen atoms in total. The van der Waals surface area contributed by atoms with Gasteiger partial charge in [-0.2, -0.15) is 5.26 Å². The molecule has 1 aromatic carbocycles. The molecule has 4 rings (SSSR count). The van der Waals surface area contributed by atoms with Crippen molar-refractivity contribution in [1.82, 2.24) is 14.6 Å². The van der Waals surface area contributed by atoms with Crippen LogP contribution in [0, 0.1) is 11.3 Å². The minimum atomic E-state index is 0.436. The zero-order valence-electron chi connectivity index (χ0n) is 13.2. The number of nitrogens with zero attached hydrogens (tertiary/aromatic N) is 3. The van der Waals surface area contributed by atoms with Gasteiger partial charge in [-0.1, -0.05) is 43.0 Å². The molecule has 2 N–H and O–H groups in total. The number of benzene rings is 1. The molecule has 24 heavy (non-hydrogen) atoms. The number of anilines is 1. The van der Waals surface area contributed by atoms with Gasteiger partial charge < -0.3 is 5.32 Å². The molecule has 0 aliphatic heterocycles. The number of imidazole rings is 1. The van der Waals surface area contributed by atoms with Gasteiger partial charge in [0.1, 0.15) is 17.3 Å². The Morgan fingerprint density at radius 2 is 2.12 bits per heavy atom. The zero-order valence-corrected chi connectivity index (χ0v) is 14.0. The van der Waals surface area contributed by atoms with Crippen LogP contribution in [0.3, 0.4) is 0 Å². The number of nitrogens with one attached hydrogen (secondary N) is 2. The fourth-order valence-corrected chi connectivity index (χ4v) is 3.60. The molecule has 0 unspecified atom stereocenters. The van der Waals surface area contributed by atoms with E-state index in [0.29, 0.717) is 22.3 Å². The van der Waals surface area contributed by atoms with Crippen molar-refractivity contribution in [3.8, 4) is 17.3 Å². The second kappa shape index (κ2) is 6.21. The van der Waals surface area contributed by atoms with Gasteiger partial charge in [-0.25, -0.2) is 9.50 Å². The maximum absolute atomic E-state index is 9.30. The molecule has 1 fully saturated rings. The van der Waals surface area contributed by atoms with E-state index in [1.54, 1.807) is 6.20 Å². The minimum absolute atomic E-state index is 0.436. The Balaban J connectivity index is 1.83. The van der Waals surface area contributed by atoms with Crippen LogP contribution in [0.4, 0.5) is 5.82 Å². The molecule has 0 bridgehead atoms. The summed E-state index contributed by atoms with van der Waals surface area (Å²) in [7, 11) is 0. The van der Waals surface area contributed by atoms with E-state index in [-0.39, 0.29) is 0 Å². The van der Waals surface area contributed by atoms with Crippen LogP contribution in [0.1, 0.15) is 37.7 Å². The highest BCUT2D eigenvalue weighted by atomic mass is 35.5. The molecule has 0 amide bonds. The second-order valence-electron chi connectivity index (χ2n) is 6.26. The highest BCUT2D eigenvalue weighted by molar-refractivity contribution is 6.30. The van der Waals surface area contributed by atoms with Gasteiger partial charge >= 0.3 is 0 Å². The van der Waals surface area contributed by atoms with Crippen LogP contribution in [0.5, 0.6) is 0 Å². The van der Waals surface area contributed by atoms with Crippen LogP contribution in [0.2, 0.25) is 5.02 Å². The van der Waals surface area contributed by atoms with Gasteiger partial charge in [-0.05, 0) is 25.0 Å². The topological polar surface area (TPSA) is 68.9 Å². The molecular formula is C18H18ClN5. The lowest BCUT2D eigenvalue weighted by Gasteiger charge is -2.23. The lowest BCUT2D eigenvalue weighted by atomic mass is 9.95. The summed E-state index contributed by atoms with van der Waals surface area (Å²) in [5.41, 5.74) is 2.95. The Labute approximate surface area is 145 Å². The van der Waals surface area contributed by atoms with Crippen LogP contribution >= 0.6 is 11.6 Å². The number of H-pyrrole nitrogens is 1. The number of hydrogen-bond donors (Lipinski definition) is 2. The van der Waals surface area contributed by atoms with Gasteiger partial charge in [-0.15, -0.1) is 0 Å². The fraction of sp³-hybridized carbons (Fsp3) is 0.333. The second-order valence-corrected chi connectivity index (χ2v) is 6.69. The van der Waals surface area contributed by atoms with Gasteiger partial charge in [-0.3, -0.25) is 5.10 Å². The molecule has 122 valence electrons. The van der Waals surface area contributed by atoms with E-state index in [0.717, 1.165) is 29.9 Å². The van der Waals surface area contributed by atoms with Gasteiger partial charge in [0, 0.05) is 22.8 Å². The Kier molecular flexibility index (Phi) is 3.91. The number of aromatic nitrogens is 3. The van der Waals surface area contributed by atoms with Crippen molar-refractivity contribution in [2.75, 3.05) is 5.32 Å². The molecule has 0 radical (unpaired) electrons. The SMILES string of the molecule is N#Cc1c[nH]n2c(NC3CCCCC3)c(-c3cccc(Cl)c3)nc12. The number of aromatic amines is 1. The number of halogens is 1. The third kappa shape index (κ3) is 2.63. The van der Waals surface area contributed by atoms with Crippen molar-refractivity contribution in [2.45, 2.75) is 38.1 Å². The summed E-state index contributed by atoms with van der Waals surface area (Å²) in [6.45, 7) is 0. The lowest BCUT2D eigenvalue weighted by molar-refractivity contribution is 0.461. The first kappa shape index (κ1) is 15.1. The van der Waals surface area contributed by atoms with E-state index in [4.69, 9.17) is 16.6 Å². The number of rotatable bonds is 3. The van der Waals surface area contributed by atoms with Gasteiger partial charge in [0.15, 0.2) is 11.5 Å². The van der Waals surface area contributed by atoms with Crippen molar-refractivity contribution >= 4 is 23.1 Å². The maximum atomic E-state index is 9.30. The van der Waals surface area contributed by atoms with Crippen molar-refractivity contribution in [1.29, 1.82) is 5.26 Å². The van der Waals surface area contributed by atoms with Crippen LogP contribution in [0.15, 0.2) is 30.5 Å². The van der Waals surface area contributed by atoms with Crippen LogP contribution < -0.4 is 5.32 Å². The summed E-state index contributed by atoms with van der Waals surface area (Å²) in [5.74, 6) is 0.903. The lowest BCUT2D eigenvalue weighted by Crippen LogP contribution is -2.23. The summed E-state index contributed by atoms with van der Waals surface area (Å²) >= 11 is 6.16. The summed E-state index contributed by atoms with van der Waals surface area (Å²) < 4.78 is 1.86. The van der Waals surface area contributed by atoms with Gasteiger partial charge in [0.05, 0.1) is 0 Å². The Morgan fingerprint density at radius 1 is 1.29 bits per heavy atom. The molecular weight excluding hydrogens is 322 g/mol. The first-order valence-electron chi connectivity index (χ1n) is 8.28. The molecule has 1 aliphatic carbocycles. The molecule has 2 aromatic heterocycles. The van der Waals surface area contributed by atoms with Crippen molar-refractivity contribution < 1.29 is 0 Å². The highest BCUT2D eigenvalue weighted by Crippen LogP contribution is 2.33. The molecule has 1 saturated carbocycles. The largest absolute Gasteiger partial charge is 0.365 e. The fourth-order valence-electron chi connectivity index (χ4n) is 3.41. The van der Waals surface area contributed by atoms with E-state index in [1.807, 2.05) is 28.8 Å². The molecule has 0 spiro atoms. The van der Waals surface area contributed by atoms with Crippen molar-refractivity contribution in [3.63, 3.8) is 0 Å². The van der Waals surface area contributed by atoms with Crippen molar-refractivity contribution in [3.05, 3.63) is 41.0 Å². The summed E-state index contributed by atoms with van der Waals surface area (Å²) in [5, 5.41) is 16.8. The minimum Gasteiger partial charge on any atom is -0.365 e. The van der Waals surface area contributed by atoms with Gasteiger partial charge in [0.25, 0.3) is 0 Å². The average molecular weight is 340 g/mol. The first-order chi connectivity index (χ1) is 11.8. The van der Waals surface area contributed by atoms with E-state index in [2.05, 4.69) is 16.5 Å². The Bertz CT molecular complexity index is 911. The summed E-state index contributed by atoms with van der Waals surface area (Å²) in [6, 6.07) is 10.3. The van der Waals surface area contributed by atoms with Crippen molar-refractivity contribution in [2.24, 2.45) is 0 Å².